The summed E-state index contributed by atoms with van der Waals surface area (Å²) >= 11 is 0. The molecule has 0 unspecified atom stereocenters. The van der Waals surface area contributed by atoms with Crippen LogP contribution in [0, 0.1) is 6.92 Å². The number of amides is 1. The average Bonchev–Trinajstić information content (AvgIpc) is 2.74. The zero-order valence-corrected chi connectivity index (χ0v) is 21.8. The molecule has 34 heavy (non-hydrogen) atoms. The molecule has 5 N–H and O–H groups in total. The molecular weight excluding hydrogens is 479 g/mol. The number of aliphatic imine (C=N–C) groups is 1. The smallest absolute Gasteiger partial charge is 0.289 e. The summed E-state index contributed by atoms with van der Waals surface area (Å²) in [4.78, 5) is 26.3. The van der Waals surface area contributed by atoms with Crippen molar-refractivity contribution in [3.63, 3.8) is 0 Å². The number of anilines is 1. The lowest BCUT2D eigenvalue weighted by molar-refractivity contribution is 0.0927. The summed E-state index contributed by atoms with van der Waals surface area (Å²) in [6.07, 6.45) is 3.85. The number of halogens is 2. The number of carbonyl (C=O) groups excluding carboxylic acids is 1. The molecule has 11 heteroatoms. The Bertz CT molecular complexity index is 997. The normalized spacial score (nSPS) is 18.6. The SMILES string of the molecule is COCCNC(=O)c1nc(N[C@H]2CCCC[C@H]2N=C(N)C(C)(C)O)c2cc(C)ccc2n1.Cl.Cl. The Morgan fingerprint density at radius 3 is 2.65 bits per heavy atom. The fourth-order valence-electron chi connectivity index (χ4n) is 3.75. The maximum atomic E-state index is 12.6. The standard InChI is InChI=1S/C23H34N6O3.2ClH/c1-14-9-10-16-15(13-14)19(29-20(26-16)21(30)25-11-12-32-4)27-17-7-5-6-8-18(17)28-22(24)23(2,3)31;;/h9-10,13,17-18,31H,5-8,11-12H2,1-4H3,(H2,24,28)(H,25,30)(H,26,27,29);2*1H/t17-,18+;;/m0../s1. The molecule has 2 atom stereocenters. The molecule has 1 heterocycles. The van der Waals surface area contributed by atoms with Crippen LogP contribution in [-0.4, -0.2) is 64.8 Å². The summed E-state index contributed by atoms with van der Waals surface area (Å²) in [7, 11) is 1.58. The number of aromatic nitrogens is 2. The zero-order valence-electron chi connectivity index (χ0n) is 20.1. The number of rotatable bonds is 8. The van der Waals surface area contributed by atoms with Gasteiger partial charge in [0.15, 0.2) is 0 Å². The molecule has 1 aromatic carbocycles. The summed E-state index contributed by atoms with van der Waals surface area (Å²) in [5, 5.41) is 17.3. The minimum Gasteiger partial charge on any atom is -0.385 e. The third-order valence-corrected chi connectivity index (χ3v) is 5.63. The van der Waals surface area contributed by atoms with Crippen molar-refractivity contribution < 1.29 is 14.6 Å². The number of ether oxygens (including phenoxy) is 1. The number of nitrogens with zero attached hydrogens (tertiary/aromatic N) is 3. The van der Waals surface area contributed by atoms with Crippen LogP contribution >= 0.6 is 24.8 Å². The van der Waals surface area contributed by atoms with E-state index in [1.807, 2.05) is 25.1 Å². The predicted octanol–water partition coefficient (Wildman–Crippen LogP) is 3.01. The van der Waals surface area contributed by atoms with E-state index in [0.29, 0.717) is 24.5 Å². The highest BCUT2D eigenvalue weighted by molar-refractivity contribution is 5.96. The summed E-state index contributed by atoms with van der Waals surface area (Å²) in [5.41, 5.74) is 6.65. The van der Waals surface area contributed by atoms with Crippen LogP contribution in [0.3, 0.4) is 0 Å². The molecule has 190 valence electrons. The minimum atomic E-state index is -1.17. The van der Waals surface area contributed by atoms with Crippen molar-refractivity contribution in [1.29, 1.82) is 0 Å². The lowest BCUT2D eigenvalue weighted by Gasteiger charge is -2.31. The first-order chi connectivity index (χ1) is 15.2. The number of hydrogen-bond donors (Lipinski definition) is 4. The van der Waals surface area contributed by atoms with Gasteiger partial charge in [-0.2, -0.15) is 0 Å². The largest absolute Gasteiger partial charge is 0.385 e. The van der Waals surface area contributed by atoms with Gasteiger partial charge in [-0.05, 0) is 45.7 Å². The van der Waals surface area contributed by atoms with Crippen molar-refractivity contribution in [2.24, 2.45) is 10.7 Å². The van der Waals surface area contributed by atoms with E-state index >= 15 is 0 Å². The van der Waals surface area contributed by atoms with Gasteiger partial charge in [0.05, 0.1) is 18.2 Å². The van der Waals surface area contributed by atoms with Crippen molar-refractivity contribution in [1.82, 2.24) is 15.3 Å². The molecule has 0 spiro atoms. The third kappa shape index (κ3) is 7.66. The molecule has 1 aliphatic carbocycles. The molecule has 1 fully saturated rings. The number of nitrogens with one attached hydrogen (secondary N) is 2. The molecule has 3 rings (SSSR count). The average molecular weight is 515 g/mol. The Morgan fingerprint density at radius 1 is 1.26 bits per heavy atom. The molecule has 2 aromatic rings. The lowest BCUT2D eigenvalue weighted by atomic mass is 9.90. The van der Waals surface area contributed by atoms with Gasteiger partial charge in [-0.15, -0.1) is 24.8 Å². The van der Waals surface area contributed by atoms with Crippen LogP contribution in [0.5, 0.6) is 0 Å². The lowest BCUT2D eigenvalue weighted by Crippen LogP contribution is -2.43. The van der Waals surface area contributed by atoms with Gasteiger partial charge in [0.2, 0.25) is 5.82 Å². The monoisotopic (exact) mass is 514 g/mol. The summed E-state index contributed by atoms with van der Waals surface area (Å²) in [6, 6.07) is 5.75. The molecule has 1 saturated carbocycles. The minimum absolute atomic E-state index is 0. The number of hydrogen-bond acceptors (Lipinski definition) is 7. The van der Waals surface area contributed by atoms with Gasteiger partial charge in [-0.3, -0.25) is 9.79 Å². The molecular formula is C23H36Cl2N6O3. The van der Waals surface area contributed by atoms with E-state index in [1.165, 1.54) is 0 Å². The fourth-order valence-corrected chi connectivity index (χ4v) is 3.75. The molecule has 9 nitrogen and oxygen atoms in total. The second kappa shape index (κ2) is 13.0. The molecule has 1 amide bonds. The molecule has 0 bridgehead atoms. The van der Waals surface area contributed by atoms with Crippen LogP contribution < -0.4 is 16.4 Å². The van der Waals surface area contributed by atoms with Gasteiger partial charge in [-0.1, -0.05) is 24.5 Å². The van der Waals surface area contributed by atoms with Gasteiger partial charge in [0.25, 0.3) is 5.91 Å². The van der Waals surface area contributed by atoms with Crippen molar-refractivity contribution in [3.8, 4) is 0 Å². The van der Waals surface area contributed by atoms with E-state index < -0.39 is 5.60 Å². The van der Waals surface area contributed by atoms with Crippen LogP contribution in [0.1, 0.15) is 55.7 Å². The van der Waals surface area contributed by atoms with Gasteiger partial charge in [0.1, 0.15) is 17.3 Å². The quantitative estimate of drug-likeness (QED) is 0.241. The molecule has 1 aliphatic rings. The maximum absolute atomic E-state index is 12.6. The van der Waals surface area contributed by atoms with Gasteiger partial charge in [0, 0.05) is 25.1 Å². The molecule has 1 aromatic heterocycles. The first kappa shape index (κ1) is 29.8. The predicted molar refractivity (Wildman–Crippen MR) is 141 cm³/mol. The van der Waals surface area contributed by atoms with Crippen molar-refractivity contribution in [2.75, 3.05) is 25.6 Å². The van der Waals surface area contributed by atoms with E-state index in [2.05, 4.69) is 25.6 Å². The van der Waals surface area contributed by atoms with Crippen LogP contribution in [0.2, 0.25) is 0 Å². The van der Waals surface area contributed by atoms with Crippen LogP contribution in [0.4, 0.5) is 5.82 Å². The number of carbonyl (C=O) groups is 1. The third-order valence-electron chi connectivity index (χ3n) is 5.63. The van der Waals surface area contributed by atoms with Crippen LogP contribution in [-0.2, 0) is 4.74 Å². The number of aryl methyl sites for hydroxylation is 1. The van der Waals surface area contributed by atoms with E-state index in [1.54, 1.807) is 21.0 Å². The highest BCUT2D eigenvalue weighted by atomic mass is 35.5. The maximum Gasteiger partial charge on any atom is 0.289 e. The Morgan fingerprint density at radius 2 is 1.97 bits per heavy atom. The number of fused-ring (bicyclic) bond motifs is 1. The van der Waals surface area contributed by atoms with E-state index in [0.717, 1.165) is 36.6 Å². The summed E-state index contributed by atoms with van der Waals surface area (Å²) < 4.78 is 4.99. The Balaban J connectivity index is 0.00000289. The number of amidine groups is 1. The van der Waals surface area contributed by atoms with Crippen molar-refractivity contribution in [2.45, 2.75) is 64.1 Å². The highest BCUT2D eigenvalue weighted by Gasteiger charge is 2.28. The summed E-state index contributed by atoms with van der Waals surface area (Å²) in [5.74, 6) is 0.575. The van der Waals surface area contributed by atoms with Crippen molar-refractivity contribution >= 4 is 53.3 Å². The number of aliphatic hydroxyl groups is 1. The first-order valence-electron chi connectivity index (χ1n) is 11.1. The summed E-state index contributed by atoms with van der Waals surface area (Å²) in [6.45, 7) is 6.06. The molecule has 0 saturated heterocycles. The van der Waals surface area contributed by atoms with Crippen LogP contribution in [0.15, 0.2) is 23.2 Å². The van der Waals surface area contributed by atoms with E-state index in [4.69, 9.17) is 10.5 Å². The highest BCUT2D eigenvalue weighted by Crippen LogP contribution is 2.28. The number of nitrogens with two attached hydrogens (primary N) is 1. The first-order valence-corrected chi connectivity index (χ1v) is 11.1. The second-order valence-corrected chi connectivity index (χ2v) is 8.84. The molecule has 0 aliphatic heterocycles. The topological polar surface area (TPSA) is 135 Å². The number of benzene rings is 1. The Hall–Kier alpha value is -2.20. The van der Waals surface area contributed by atoms with Gasteiger partial charge >= 0.3 is 0 Å². The second-order valence-electron chi connectivity index (χ2n) is 8.84. The molecule has 0 radical (unpaired) electrons. The van der Waals surface area contributed by atoms with E-state index in [-0.39, 0.29) is 54.5 Å². The van der Waals surface area contributed by atoms with Gasteiger partial charge in [-0.25, -0.2) is 9.97 Å². The zero-order chi connectivity index (χ0) is 23.3. The Kier molecular flexibility index (Phi) is 11.4. The number of methoxy groups -OCH3 is 1. The fraction of sp³-hybridized carbons (Fsp3) is 0.565. The van der Waals surface area contributed by atoms with Crippen molar-refractivity contribution in [3.05, 3.63) is 29.6 Å². The van der Waals surface area contributed by atoms with Gasteiger partial charge < -0.3 is 26.2 Å². The van der Waals surface area contributed by atoms with Crippen LogP contribution in [0.25, 0.3) is 10.9 Å². The van der Waals surface area contributed by atoms with E-state index in [9.17, 15) is 9.90 Å². The Labute approximate surface area is 213 Å².